The van der Waals surface area contributed by atoms with Gasteiger partial charge in [0.25, 0.3) is 5.56 Å². The van der Waals surface area contributed by atoms with Crippen molar-refractivity contribution in [3.05, 3.63) is 87.3 Å². The van der Waals surface area contributed by atoms with Crippen molar-refractivity contribution in [3.63, 3.8) is 0 Å². The van der Waals surface area contributed by atoms with Gasteiger partial charge in [-0.15, -0.1) is 11.3 Å². The molecule has 0 amide bonds. The van der Waals surface area contributed by atoms with Crippen LogP contribution in [0.15, 0.2) is 65.7 Å². The molecule has 0 radical (unpaired) electrons. The Kier molecular flexibility index (Phi) is 4.37. The van der Waals surface area contributed by atoms with Gasteiger partial charge in [0.15, 0.2) is 5.78 Å². The van der Waals surface area contributed by atoms with E-state index in [4.69, 9.17) is 0 Å². The maximum Gasteiger partial charge on any atom is 0.262 e. The molecule has 0 atom stereocenters. The highest BCUT2D eigenvalue weighted by Crippen LogP contribution is 2.31. The van der Waals surface area contributed by atoms with Crippen molar-refractivity contribution in [2.24, 2.45) is 0 Å². The lowest BCUT2D eigenvalue weighted by atomic mass is 10.0. The number of aryl methyl sites for hydroxylation is 2. The lowest BCUT2D eigenvalue weighted by molar-refractivity contribution is 0.0973. The fraction of sp³-hybridized carbons (Fsp3) is 0.125. The number of aromatic nitrogens is 3. The summed E-state index contributed by atoms with van der Waals surface area (Å²) in [5.41, 5.74) is 3.96. The van der Waals surface area contributed by atoms with Crippen molar-refractivity contribution in [2.45, 2.75) is 20.4 Å². The van der Waals surface area contributed by atoms with Crippen molar-refractivity contribution in [1.29, 1.82) is 0 Å². The summed E-state index contributed by atoms with van der Waals surface area (Å²) >= 11 is 1.51. The number of nitrogens with zero attached hydrogens (tertiary/aromatic N) is 2. The predicted octanol–water partition coefficient (Wildman–Crippen LogP) is 5.11. The average Bonchev–Trinajstić information content (AvgIpc) is 3.29. The number of nitrogens with one attached hydrogen (secondary N) is 1. The number of fused-ring (bicyclic) bond motifs is 2. The Balaban J connectivity index is 1.64. The van der Waals surface area contributed by atoms with Gasteiger partial charge < -0.3 is 4.98 Å². The van der Waals surface area contributed by atoms with Crippen molar-refractivity contribution in [2.75, 3.05) is 0 Å². The number of carbonyl (C=O) groups excluding carboxylic acids is 1. The van der Waals surface area contributed by atoms with Gasteiger partial charge in [-0.05, 0) is 31.0 Å². The van der Waals surface area contributed by atoms with Crippen LogP contribution in [0.5, 0.6) is 0 Å². The number of aromatic amines is 1. The van der Waals surface area contributed by atoms with Crippen LogP contribution in [0.25, 0.3) is 32.4 Å². The molecule has 0 aliphatic rings. The van der Waals surface area contributed by atoms with Crippen molar-refractivity contribution >= 4 is 38.2 Å². The number of rotatable bonds is 4. The summed E-state index contributed by atoms with van der Waals surface area (Å²) in [5.74, 6) is -0.126. The third-order valence-electron chi connectivity index (χ3n) is 5.52. The van der Waals surface area contributed by atoms with Crippen molar-refractivity contribution in [3.8, 4) is 11.3 Å². The fourth-order valence-corrected chi connectivity index (χ4v) is 4.86. The maximum absolute atomic E-state index is 13.5. The highest BCUT2D eigenvalue weighted by atomic mass is 32.1. The molecule has 148 valence electrons. The molecular formula is C24H19N3O2S. The minimum atomic E-state index is -0.170. The van der Waals surface area contributed by atoms with Crippen LogP contribution in [0, 0.1) is 13.8 Å². The molecule has 3 aromatic heterocycles. The van der Waals surface area contributed by atoms with Crippen LogP contribution in [0.2, 0.25) is 0 Å². The largest absolute Gasteiger partial charge is 0.354 e. The van der Waals surface area contributed by atoms with Gasteiger partial charge in [0, 0.05) is 15.8 Å². The molecule has 0 aliphatic carbocycles. The van der Waals surface area contributed by atoms with Gasteiger partial charge in [-0.3, -0.25) is 14.2 Å². The van der Waals surface area contributed by atoms with E-state index in [1.165, 1.54) is 22.2 Å². The molecule has 2 aromatic carbocycles. The smallest absolute Gasteiger partial charge is 0.262 e. The Morgan fingerprint density at radius 2 is 1.80 bits per heavy atom. The number of para-hydroxylation sites is 1. The zero-order valence-electron chi connectivity index (χ0n) is 16.6. The second-order valence-corrected chi connectivity index (χ2v) is 8.55. The highest BCUT2D eigenvalue weighted by molar-refractivity contribution is 7.18. The van der Waals surface area contributed by atoms with Crippen LogP contribution in [0.3, 0.4) is 0 Å². The summed E-state index contributed by atoms with van der Waals surface area (Å²) in [6.07, 6.45) is 1.48. The number of thiophene rings is 1. The second-order valence-electron chi connectivity index (χ2n) is 7.35. The van der Waals surface area contributed by atoms with E-state index in [2.05, 4.69) is 9.97 Å². The van der Waals surface area contributed by atoms with Gasteiger partial charge in [-0.25, -0.2) is 4.98 Å². The third kappa shape index (κ3) is 2.88. The lowest BCUT2D eigenvalue weighted by Crippen LogP contribution is -2.24. The first-order chi connectivity index (χ1) is 14.5. The highest BCUT2D eigenvalue weighted by Gasteiger charge is 2.21. The molecule has 3 heterocycles. The number of benzene rings is 2. The van der Waals surface area contributed by atoms with Gasteiger partial charge >= 0.3 is 0 Å². The van der Waals surface area contributed by atoms with Crippen molar-refractivity contribution in [1.82, 2.24) is 14.5 Å². The third-order valence-corrected chi connectivity index (χ3v) is 6.63. The van der Waals surface area contributed by atoms with Crippen LogP contribution >= 0.6 is 11.3 Å². The first-order valence-corrected chi connectivity index (χ1v) is 10.5. The number of H-pyrrole nitrogens is 1. The second kappa shape index (κ2) is 7.07. The quantitative estimate of drug-likeness (QED) is 0.417. The van der Waals surface area contributed by atoms with Gasteiger partial charge in [0.1, 0.15) is 4.83 Å². The molecule has 5 nitrogen and oxygen atoms in total. The molecule has 0 saturated heterocycles. The van der Waals surface area contributed by atoms with E-state index in [1.54, 1.807) is 0 Å². The minimum absolute atomic E-state index is 0.0577. The summed E-state index contributed by atoms with van der Waals surface area (Å²) < 4.78 is 1.42. The molecule has 5 rings (SSSR count). The summed E-state index contributed by atoms with van der Waals surface area (Å²) in [4.78, 5) is 36.1. The number of ketones is 1. The zero-order valence-corrected chi connectivity index (χ0v) is 17.4. The summed E-state index contributed by atoms with van der Waals surface area (Å²) in [5, 5.41) is 1.46. The van der Waals surface area contributed by atoms with Gasteiger partial charge in [-0.1, -0.05) is 48.5 Å². The Hall–Kier alpha value is -3.51. The molecule has 0 saturated carbocycles. The number of hydrogen-bond donors (Lipinski definition) is 1. The molecule has 0 aliphatic heterocycles. The monoisotopic (exact) mass is 413 g/mol. The van der Waals surface area contributed by atoms with E-state index in [0.717, 1.165) is 37.4 Å². The van der Waals surface area contributed by atoms with Crippen molar-refractivity contribution < 1.29 is 4.79 Å². The molecule has 30 heavy (non-hydrogen) atoms. The summed E-state index contributed by atoms with van der Waals surface area (Å²) in [6.45, 7) is 3.85. The van der Waals surface area contributed by atoms with E-state index < -0.39 is 0 Å². The molecule has 6 heteroatoms. The minimum Gasteiger partial charge on any atom is -0.354 e. The zero-order chi connectivity index (χ0) is 20.8. The van der Waals surface area contributed by atoms with E-state index in [1.807, 2.05) is 68.4 Å². The van der Waals surface area contributed by atoms with Gasteiger partial charge in [0.05, 0.1) is 29.5 Å². The van der Waals surface area contributed by atoms with Crippen LogP contribution < -0.4 is 5.56 Å². The molecule has 1 N–H and O–H groups in total. The lowest BCUT2D eigenvalue weighted by Gasteiger charge is -2.07. The number of hydrogen-bond acceptors (Lipinski definition) is 4. The number of Topliss-reactive ketones (excluding diaryl/α,β-unsaturated/α-hetero) is 1. The van der Waals surface area contributed by atoms with Gasteiger partial charge in [0.2, 0.25) is 0 Å². The van der Waals surface area contributed by atoms with Gasteiger partial charge in [-0.2, -0.15) is 0 Å². The van der Waals surface area contributed by atoms with E-state index in [9.17, 15) is 9.59 Å². The molecule has 0 bridgehead atoms. The maximum atomic E-state index is 13.5. The van der Waals surface area contributed by atoms with E-state index in [0.29, 0.717) is 10.9 Å². The molecular weight excluding hydrogens is 394 g/mol. The Labute approximate surface area is 176 Å². The van der Waals surface area contributed by atoms with E-state index >= 15 is 0 Å². The average molecular weight is 414 g/mol. The summed E-state index contributed by atoms with van der Waals surface area (Å²) in [6, 6.07) is 17.5. The molecule has 0 fully saturated rings. The van der Waals surface area contributed by atoms with E-state index in [-0.39, 0.29) is 17.9 Å². The molecule has 0 unspecified atom stereocenters. The molecule has 5 aromatic rings. The predicted molar refractivity (Wildman–Crippen MR) is 121 cm³/mol. The standard InChI is InChI=1S/C24H19N3O2S/c1-14-15(2)30-23-20(14)24(29)27(13-25-23)12-19(28)21-17-10-6-7-11-18(17)26-22(21)16-8-4-3-5-9-16/h3-11,13,26H,12H2,1-2H3. The fourth-order valence-electron chi connectivity index (χ4n) is 3.87. The van der Waals surface area contributed by atoms with Crippen LogP contribution in [-0.4, -0.2) is 20.3 Å². The first kappa shape index (κ1) is 18.5. The van der Waals surface area contributed by atoms with Crippen LogP contribution in [-0.2, 0) is 6.54 Å². The Morgan fingerprint density at radius 1 is 1.07 bits per heavy atom. The SMILES string of the molecule is Cc1sc2ncn(CC(=O)c3c(-c4ccccc4)[nH]c4ccccc34)c(=O)c2c1C. The molecule has 0 spiro atoms. The Morgan fingerprint density at radius 3 is 2.60 bits per heavy atom. The Bertz CT molecular complexity index is 1480. The first-order valence-electron chi connectivity index (χ1n) is 9.69. The normalized spacial score (nSPS) is 11.4. The number of carbonyl (C=O) groups is 1. The van der Waals surface area contributed by atoms with Crippen LogP contribution in [0.1, 0.15) is 20.8 Å². The summed E-state index contributed by atoms with van der Waals surface area (Å²) in [7, 11) is 0. The van der Waals surface area contributed by atoms with Crippen LogP contribution in [0.4, 0.5) is 0 Å². The topological polar surface area (TPSA) is 67.8 Å².